The van der Waals surface area contributed by atoms with Gasteiger partial charge in [-0.1, -0.05) is 12.1 Å². The average molecular weight is 278 g/mol. The van der Waals surface area contributed by atoms with Crippen molar-refractivity contribution >= 4 is 5.91 Å². The largest absolute Gasteiger partial charge is 0.493 e. The molecule has 0 aliphatic carbocycles. The van der Waals surface area contributed by atoms with Gasteiger partial charge in [-0.05, 0) is 17.7 Å². The molecule has 0 bridgehead atoms. The number of amides is 1. The Morgan fingerprint density at radius 2 is 2.15 bits per heavy atom. The van der Waals surface area contributed by atoms with Crippen LogP contribution in [0.3, 0.4) is 0 Å². The summed E-state index contributed by atoms with van der Waals surface area (Å²) >= 11 is 0. The summed E-state index contributed by atoms with van der Waals surface area (Å²) in [4.78, 5) is 13.8. The molecule has 1 aromatic carbocycles. The van der Waals surface area contributed by atoms with Crippen molar-refractivity contribution in [2.75, 3.05) is 39.9 Å². The van der Waals surface area contributed by atoms with Crippen molar-refractivity contribution < 1.29 is 14.3 Å². The van der Waals surface area contributed by atoms with Crippen LogP contribution in [0.25, 0.3) is 0 Å². The Morgan fingerprint density at radius 1 is 1.35 bits per heavy atom. The van der Waals surface area contributed by atoms with Crippen LogP contribution < -0.4 is 10.1 Å². The summed E-state index contributed by atoms with van der Waals surface area (Å²) in [6.45, 7) is 4.33. The summed E-state index contributed by atoms with van der Waals surface area (Å²) in [7, 11) is 1.67. The third-order valence-corrected chi connectivity index (χ3v) is 3.26. The van der Waals surface area contributed by atoms with Crippen LogP contribution in [0.5, 0.6) is 5.75 Å². The molecule has 20 heavy (non-hydrogen) atoms. The lowest BCUT2D eigenvalue weighted by Crippen LogP contribution is -2.46. The topological polar surface area (TPSA) is 50.8 Å². The number of rotatable bonds is 6. The van der Waals surface area contributed by atoms with E-state index in [2.05, 4.69) is 5.32 Å². The van der Waals surface area contributed by atoms with E-state index in [9.17, 15) is 4.79 Å². The van der Waals surface area contributed by atoms with Crippen molar-refractivity contribution in [3.63, 3.8) is 0 Å². The maximum atomic E-state index is 12.0. The van der Waals surface area contributed by atoms with Crippen molar-refractivity contribution in [2.24, 2.45) is 0 Å². The van der Waals surface area contributed by atoms with Gasteiger partial charge in [0.15, 0.2) is 0 Å². The van der Waals surface area contributed by atoms with E-state index in [1.54, 1.807) is 7.11 Å². The molecular formula is C15H22N2O3. The van der Waals surface area contributed by atoms with E-state index in [4.69, 9.17) is 9.47 Å². The average Bonchev–Trinajstić information content (AvgIpc) is 2.49. The number of carbonyl (C=O) groups is 1. The summed E-state index contributed by atoms with van der Waals surface area (Å²) in [5, 5.41) is 3.23. The molecule has 110 valence electrons. The van der Waals surface area contributed by atoms with Crippen LogP contribution in [0.1, 0.15) is 12.0 Å². The highest BCUT2D eigenvalue weighted by Gasteiger charge is 2.15. The summed E-state index contributed by atoms with van der Waals surface area (Å²) in [6.07, 6.45) is 0.425. The van der Waals surface area contributed by atoms with Crippen molar-refractivity contribution in [3.05, 3.63) is 29.8 Å². The first-order chi connectivity index (χ1) is 9.79. The van der Waals surface area contributed by atoms with Crippen LogP contribution in [-0.2, 0) is 16.1 Å². The molecule has 0 spiro atoms. The van der Waals surface area contributed by atoms with Gasteiger partial charge >= 0.3 is 0 Å². The van der Waals surface area contributed by atoms with Crippen LogP contribution in [0.15, 0.2) is 24.3 Å². The molecule has 1 heterocycles. The molecule has 5 nitrogen and oxygen atoms in total. The van der Waals surface area contributed by atoms with E-state index in [1.165, 1.54) is 0 Å². The minimum atomic E-state index is 0.166. The van der Waals surface area contributed by atoms with E-state index in [-0.39, 0.29) is 5.91 Å². The zero-order chi connectivity index (χ0) is 14.2. The molecule has 0 unspecified atom stereocenters. The number of ether oxygens (including phenoxy) is 2. The molecular weight excluding hydrogens is 256 g/mol. The van der Waals surface area contributed by atoms with E-state index >= 15 is 0 Å². The maximum Gasteiger partial charge on any atom is 0.226 e. The second-order valence-electron chi connectivity index (χ2n) is 4.81. The molecule has 0 atom stereocenters. The summed E-state index contributed by atoms with van der Waals surface area (Å²) in [5.41, 5.74) is 1.07. The first kappa shape index (κ1) is 14.8. The molecule has 1 aliphatic rings. The summed E-state index contributed by atoms with van der Waals surface area (Å²) in [5.74, 6) is 0.951. The minimum absolute atomic E-state index is 0.166. The maximum absolute atomic E-state index is 12.0. The van der Waals surface area contributed by atoms with E-state index in [0.717, 1.165) is 37.5 Å². The van der Waals surface area contributed by atoms with Crippen LogP contribution >= 0.6 is 0 Å². The van der Waals surface area contributed by atoms with E-state index in [0.29, 0.717) is 19.6 Å². The van der Waals surface area contributed by atoms with Crippen LogP contribution in [0.2, 0.25) is 0 Å². The van der Waals surface area contributed by atoms with Gasteiger partial charge in [0.1, 0.15) is 5.75 Å². The fourth-order valence-electron chi connectivity index (χ4n) is 2.22. The molecule has 0 aromatic heterocycles. The Balaban J connectivity index is 1.74. The lowest BCUT2D eigenvalue weighted by Gasteiger charge is -2.27. The predicted molar refractivity (Wildman–Crippen MR) is 76.7 cm³/mol. The van der Waals surface area contributed by atoms with Gasteiger partial charge in [0.2, 0.25) is 5.91 Å². The lowest BCUT2D eigenvalue weighted by molar-refractivity contribution is -0.132. The van der Waals surface area contributed by atoms with Gasteiger partial charge in [-0.15, -0.1) is 0 Å². The van der Waals surface area contributed by atoms with Gasteiger partial charge in [-0.2, -0.15) is 0 Å². The highest BCUT2D eigenvalue weighted by molar-refractivity contribution is 5.76. The minimum Gasteiger partial charge on any atom is -0.493 e. The van der Waals surface area contributed by atoms with Gasteiger partial charge in [0.25, 0.3) is 0 Å². The van der Waals surface area contributed by atoms with Crippen LogP contribution in [0.4, 0.5) is 0 Å². The van der Waals surface area contributed by atoms with Gasteiger partial charge in [0, 0.05) is 33.3 Å². The highest BCUT2D eigenvalue weighted by atomic mass is 16.5. The Labute approximate surface area is 119 Å². The van der Waals surface area contributed by atoms with Crippen molar-refractivity contribution in [3.8, 4) is 5.75 Å². The molecule has 0 radical (unpaired) electrons. The van der Waals surface area contributed by atoms with Gasteiger partial charge < -0.3 is 19.7 Å². The monoisotopic (exact) mass is 278 g/mol. The number of benzene rings is 1. The lowest BCUT2D eigenvalue weighted by atomic mass is 10.2. The molecule has 1 saturated heterocycles. The quantitative estimate of drug-likeness (QED) is 0.844. The summed E-state index contributed by atoms with van der Waals surface area (Å²) < 4.78 is 10.7. The standard InChI is InChI=1S/C15H22N2O3/c1-19-12-13-3-2-4-14(11-13)20-10-5-15(18)17-8-6-16-7-9-17/h2-4,11,16H,5-10,12H2,1H3. The first-order valence-electron chi connectivity index (χ1n) is 6.99. The Kier molecular flexibility index (Phi) is 5.83. The van der Waals surface area contributed by atoms with Crippen molar-refractivity contribution in [1.29, 1.82) is 0 Å². The number of nitrogens with one attached hydrogen (secondary N) is 1. The Morgan fingerprint density at radius 3 is 2.90 bits per heavy atom. The fraction of sp³-hybridized carbons (Fsp3) is 0.533. The Hall–Kier alpha value is -1.59. The van der Waals surface area contributed by atoms with Crippen molar-refractivity contribution in [2.45, 2.75) is 13.0 Å². The number of methoxy groups -OCH3 is 1. The number of hydrogen-bond acceptors (Lipinski definition) is 4. The normalized spacial score (nSPS) is 15.2. The molecule has 1 fully saturated rings. The third-order valence-electron chi connectivity index (χ3n) is 3.26. The number of piperazine rings is 1. The smallest absolute Gasteiger partial charge is 0.226 e. The van der Waals surface area contributed by atoms with Crippen molar-refractivity contribution in [1.82, 2.24) is 10.2 Å². The summed E-state index contributed by atoms with van der Waals surface area (Å²) in [6, 6.07) is 7.76. The van der Waals surface area contributed by atoms with Crippen LogP contribution in [0, 0.1) is 0 Å². The molecule has 2 rings (SSSR count). The van der Waals surface area contributed by atoms with Crippen LogP contribution in [-0.4, -0.2) is 50.7 Å². The van der Waals surface area contributed by atoms with Gasteiger partial charge in [-0.25, -0.2) is 0 Å². The number of hydrogen-bond donors (Lipinski definition) is 1. The van der Waals surface area contributed by atoms with Gasteiger partial charge in [-0.3, -0.25) is 4.79 Å². The van der Waals surface area contributed by atoms with E-state index < -0.39 is 0 Å². The number of nitrogens with zero attached hydrogens (tertiary/aromatic N) is 1. The zero-order valence-corrected chi connectivity index (χ0v) is 11.9. The highest BCUT2D eigenvalue weighted by Crippen LogP contribution is 2.14. The molecule has 0 saturated carbocycles. The SMILES string of the molecule is COCc1cccc(OCCC(=O)N2CCNCC2)c1. The second-order valence-corrected chi connectivity index (χ2v) is 4.81. The predicted octanol–water partition coefficient (Wildman–Crippen LogP) is 1.03. The first-order valence-corrected chi connectivity index (χ1v) is 6.99. The number of carbonyl (C=O) groups excluding carboxylic acids is 1. The molecule has 1 aromatic rings. The fourth-order valence-corrected chi connectivity index (χ4v) is 2.22. The zero-order valence-electron chi connectivity index (χ0n) is 11.9. The third kappa shape index (κ3) is 4.51. The molecule has 1 amide bonds. The Bertz CT molecular complexity index is 431. The molecule has 1 aliphatic heterocycles. The molecule has 5 heteroatoms. The second kappa shape index (κ2) is 7.87. The van der Waals surface area contributed by atoms with Gasteiger partial charge in [0.05, 0.1) is 19.6 Å². The van der Waals surface area contributed by atoms with E-state index in [1.807, 2.05) is 29.2 Å². The molecule has 1 N–H and O–H groups in total.